The van der Waals surface area contributed by atoms with Gasteiger partial charge in [-0.15, -0.1) is 0 Å². The summed E-state index contributed by atoms with van der Waals surface area (Å²) in [6.07, 6.45) is 0.797. The molecule has 5 aromatic rings. The van der Waals surface area contributed by atoms with E-state index in [2.05, 4.69) is 25.5 Å². The summed E-state index contributed by atoms with van der Waals surface area (Å²) in [5.41, 5.74) is 6.00. The number of nitrogens with two attached hydrogens (primary N) is 1. The molecule has 0 aliphatic rings. The zero-order valence-corrected chi connectivity index (χ0v) is 20.1. The molecule has 1 aromatic carbocycles. The van der Waals surface area contributed by atoms with Gasteiger partial charge >= 0.3 is 6.18 Å². The summed E-state index contributed by atoms with van der Waals surface area (Å²) >= 11 is 0. The van der Waals surface area contributed by atoms with Crippen LogP contribution in [0.3, 0.4) is 0 Å². The molecule has 13 heteroatoms. The number of rotatable bonds is 6. The Balaban J connectivity index is 1.49. The highest BCUT2D eigenvalue weighted by atomic mass is 19.4. The number of aromatic nitrogens is 6. The minimum atomic E-state index is -4.71. The minimum absolute atomic E-state index is 0.000561. The molecule has 1 atom stereocenters. The van der Waals surface area contributed by atoms with Crippen molar-refractivity contribution in [1.29, 1.82) is 0 Å². The molecule has 0 radical (unpaired) electrons. The third-order valence-corrected chi connectivity index (χ3v) is 6.01. The number of hydrogen-bond acceptors (Lipinski definition) is 7. The molecule has 0 saturated carbocycles. The number of alkyl halides is 3. The topological polar surface area (TPSA) is 125 Å². The van der Waals surface area contributed by atoms with E-state index in [0.717, 1.165) is 22.5 Å². The molecule has 3 N–H and O–H groups in total. The Morgan fingerprint density at radius 1 is 1.11 bits per heavy atom. The van der Waals surface area contributed by atoms with Gasteiger partial charge in [0.2, 0.25) is 5.88 Å². The Morgan fingerprint density at radius 3 is 2.58 bits per heavy atom. The Morgan fingerprint density at radius 2 is 1.87 bits per heavy atom. The lowest BCUT2D eigenvalue weighted by Crippen LogP contribution is -2.14. The van der Waals surface area contributed by atoms with Crippen LogP contribution in [0.4, 0.5) is 24.7 Å². The van der Waals surface area contributed by atoms with E-state index in [1.807, 2.05) is 37.3 Å². The fraction of sp³-hybridized carbons (Fsp3) is 0.160. The van der Waals surface area contributed by atoms with Gasteiger partial charge in [0.05, 0.1) is 36.3 Å². The first-order chi connectivity index (χ1) is 18.2. The average Bonchev–Trinajstić information content (AvgIpc) is 3.54. The van der Waals surface area contributed by atoms with Crippen LogP contribution in [-0.2, 0) is 6.18 Å². The molecule has 1 unspecified atom stereocenters. The van der Waals surface area contributed by atoms with Gasteiger partial charge in [-0.05, 0) is 24.6 Å². The van der Waals surface area contributed by atoms with Crippen LogP contribution in [0.1, 0.15) is 34.5 Å². The van der Waals surface area contributed by atoms with Crippen LogP contribution in [0.15, 0.2) is 67.4 Å². The van der Waals surface area contributed by atoms with Gasteiger partial charge in [0.25, 0.3) is 5.91 Å². The van der Waals surface area contributed by atoms with Crippen molar-refractivity contribution in [3.8, 4) is 17.1 Å². The van der Waals surface area contributed by atoms with Crippen LogP contribution in [0.2, 0.25) is 0 Å². The number of nitrogens with zero attached hydrogens (tertiary/aromatic N) is 6. The van der Waals surface area contributed by atoms with Gasteiger partial charge in [0.15, 0.2) is 5.82 Å². The van der Waals surface area contributed by atoms with E-state index in [1.54, 1.807) is 10.9 Å². The molecule has 5 rings (SSSR count). The molecule has 38 heavy (non-hydrogen) atoms. The maximum Gasteiger partial charge on any atom is 0.418 e. The average molecular weight is 522 g/mol. The Hall–Kier alpha value is -4.94. The van der Waals surface area contributed by atoms with Crippen molar-refractivity contribution < 1.29 is 22.7 Å². The molecular weight excluding hydrogens is 501 g/mol. The van der Waals surface area contributed by atoms with Gasteiger partial charge in [-0.3, -0.25) is 9.48 Å². The van der Waals surface area contributed by atoms with Crippen molar-refractivity contribution in [2.45, 2.75) is 19.1 Å². The maximum atomic E-state index is 13.7. The number of carbonyl (C=O) groups is 1. The van der Waals surface area contributed by atoms with Crippen molar-refractivity contribution in [1.82, 2.24) is 29.4 Å². The van der Waals surface area contributed by atoms with Gasteiger partial charge in [0, 0.05) is 18.0 Å². The standard InChI is InChI=1S/C25H21F3N8O2/c1-14(15-6-4-3-5-7-15)35-12-17(11-32-35)34-23(37)18-8-16(10-30-24(18)38-2)20-9-19(25(26,27)28)21-22(29)31-13-33-36(20)21/h3-14H,1-2H3,(H,34,37)(H2,29,31,33). The fourth-order valence-electron chi connectivity index (χ4n) is 4.10. The second-order valence-electron chi connectivity index (χ2n) is 8.38. The van der Waals surface area contributed by atoms with E-state index in [9.17, 15) is 18.0 Å². The summed E-state index contributed by atoms with van der Waals surface area (Å²) in [6, 6.07) is 11.9. The summed E-state index contributed by atoms with van der Waals surface area (Å²) in [5, 5.41) is 11.0. The number of pyridine rings is 1. The zero-order valence-electron chi connectivity index (χ0n) is 20.1. The number of hydrogen-bond donors (Lipinski definition) is 2. The lowest BCUT2D eigenvalue weighted by molar-refractivity contribution is -0.136. The van der Waals surface area contributed by atoms with Crippen molar-refractivity contribution >= 4 is 22.9 Å². The van der Waals surface area contributed by atoms with Gasteiger partial charge in [-0.25, -0.2) is 14.5 Å². The Kier molecular flexibility index (Phi) is 6.18. The van der Waals surface area contributed by atoms with Gasteiger partial charge in [-0.2, -0.15) is 23.4 Å². The second-order valence-corrected chi connectivity index (χ2v) is 8.38. The van der Waals surface area contributed by atoms with E-state index >= 15 is 0 Å². The van der Waals surface area contributed by atoms with Crippen molar-refractivity contribution in [2.24, 2.45) is 0 Å². The number of fused-ring (bicyclic) bond motifs is 1. The molecule has 4 aromatic heterocycles. The van der Waals surface area contributed by atoms with E-state index in [1.165, 1.54) is 25.6 Å². The highest BCUT2D eigenvalue weighted by molar-refractivity contribution is 6.06. The largest absolute Gasteiger partial charge is 0.480 e. The smallest absolute Gasteiger partial charge is 0.418 e. The van der Waals surface area contributed by atoms with Crippen molar-refractivity contribution in [3.63, 3.8) is 0 Å². The summed E-state index contributed by atoms with van der Waals surface area (Å²) in [4.78, 5) is 21.0. The summed E-state index contributed by atoms with van der Waals surface area (Å²) in [6.45, 7) is 1.97. The maximum absolute atomic E-state index is 13.7. The molecule has 0 fully saturated rings. The summed E-state index contributed by atoms with van der Waals surface area (Å²) in [5.74, 6) is -0.934. The van der Waals surface area contributed by atoms with E-state index < -0.39 is 23.2 Å². The summed E-state index contributed by atoms with van der Waals surface area (Å²) in [7, 11) is 1.33. The predicted molar refractivity (Wildman–Crippen MR) is 133 cm³/mol. The van der Waals surface area contributed by atoms with Crippen LogP contribution in [0, 0.1) is 0 Å². The molecular formula is C25H21F3N8O2. The van der Waals surface area contributed by atoms with Gasteiger partial charge < -0.3 is 15.8 Å². The number of nitrogens with one attached hydrogen (secondary N) is 1. The molecule has 194 valence electrons. The second kappa shape index (κ2) is 9.50. The van der Waals surface area contributed by atoms with Crippen molar-refractivity contribution in [2.75, 3.05) is 18.2 Å². The van der Waals surface area contributed by atoms with Crippen LogP contribution in [-0.4, -0.2) is 42.4 Å². The minimum Gasteiger partial charge on any atom is -0.480 e. The Labute approximate surface area is 213 Å². The van der Waals surface area contributed by atoms with Crippen LogP contribution in [0.25, 0.3) is 16.8 Å². The first-order valence-electron chi connectivity index (χ1n) is 11.3. The molecule has 1 amide bonds. The van der Waals surface area contributed by atoms with Crippen LogP contribution >= 0.6 is 0 Å². The molecule has 4 heterocycles. The number of benzene rings is 1. The SMILES string of the molecule is COc1ncc(-c2cc(C(F)(F)F)c3c(N)ncnn23)cc1C(=O)Nc1cnn(C(C)c2ccccc2)c1. The molecule has 0 spiro atoms. The number of nitrogen functional groups attached to an aromatic ring is 1. The number of ether oxygens (including phenoxy) is 1. The Bertz CT molecular complexity index is 1630. The van der Waals surface area contributed by atoms with E-state index in [-0.39, 0.29) is 34.6 Å². The number of carbonyl (C=O) groups excluding carboxylic acids is 1. The normalized spacial score (nSPS) is 12.4. The lowest BCUT2D eigenvalue weighted by Gasteiger charge is -2.12. The lowest BCUT2D eigenvalue weighted by atomic mass is 10.1. The van der Waals surface area contributed by atoms with Crippen molar-refractivity contribution in [3.05, 3.63) is 84.1 Å². The van der Waals surface area contributed by atoms with Gasteiger partial charge in [0.1, 0.15) is 17.4 Å². The zero-order chi connectivity index (χ0) is 27.0. The van der Waals surface area contributed by atoms with Crippen LogP contribution < -0.4 is 15.8 Å². The quantitative estimate of drug-likeness (QED) is 0.337. The fourth-order valence-corrected chi connectivity index (χ4v) is 4.10. The molecule has 0 aliphatic heterocycles. The molecule has 10 nitrogen and oxygen atoms in total. The monoisotopic (exact) mass is 522 g/mol. The third kappa shape index (κ3) is 4.49. The number of halogens is 3. The van der Waals surface area contributed by atoms with Crippen LogP contribution in [0.5, 0.6) is 5.88 Å². The molecule has 0 bridgehead atoms. The number of methoxy groups -OCH3 is 1. The third-order valence-electron chi connectivity index (χ3n) is 6.01. The number of anilines is 2. The highest BCUT2D eigenvalue weighted by Crippen LogP contribution is 2.39. The van der Waals surface area contributed by atoms with E-state index in [0.29, 0.717) is 5.69 Å². The van der Waals surface area contributed by atoms with Gasteiger partial charge in [-0.1, -0.05) is 30.3 Å². The summed E-state index contributed by atoms with van der Waals surface area (Å²) < 4.78 is 49.1. The molecule has 0 aliphatic carbocycles. The number of amides is 1. The van der Waals surface area contributed by atoms with E-state index in [4.69, 9.17) is 10.5 Å². The first kappa shape index (κ1) is 24.7. The predicted octanol–water partition coefficient (Wildman–Crippen LogP) is 4.46. The highest BCUT2D eigenvalue weighted by Gasteiger charge is 2.36. The first-order valence-corrected chi connectivity index (χ1v) is 11.3. The molecule has 0 saturated heterocycles.